The van der Waals surface area contributed by atoms with E-state index in [1.807, 2.05) is 26.8 Å². The first-order valence-corrected chi connectivity index (χ1v) is 9.06. The number of rotatable bonds is 6. The Morgan fingerprint density at radius 1 is 1.04 bits per heavy atom. The standard InChI is InChI=1S/C22H28N2O/c1-22(2,3)23-21(25)16-24(15-17-10-6-4-7-11-17)20-14-19(20)18-12-8-5-9-13-18/h4-13,19-20H,14-16H2,1-3H3,(H,23,25)/t19-,20+/m1/s1. The van der Waals surface area contributed by atoms with Crippen LogP contribution in [0, 0.1) is 0 Å². The van der Waals surface area contributed by atoms with Crippen LogP contribution in [0.5, 0.6) is 0 Å². The summed E-state index contributed by atoms with van der Waals surface area (Å²) in [5, 5.41) is 3.09. The molecular weight excluding hydrogens is 308 g/mol. The number of amides is 1. The zero-order valence-electron chi connectivity index (χ0n) is 15.4. The van der Waals surface area contributed by atoms with Gasteiger partial charge in [-0.15, -0.1) is 0 Å². The minimum absolute atomic E-state index is 0.0992. The monoisotopic (exact) mass is 336 g/mol. The fraction of sp³-hybridized carbons (Fsp3) is 0.409. The molecule has 25 heavy (non-hydrogen) atoms. The lowest BCUT2D eigenvalue weighted by molar-refractivity contribution is -0.124. The van der Waals surface area contributed by atoms with E-state index >= 15 is 0 Å². The molecule has 1 aliphatic carbocycles. The SMILES string of the molecule is CC(C)(C)NC(=O)CN(Cc1ccccc1)[C@H]1C[C@@H]1c1ccccc1. The molecule has 1 amide bonds. The highest BCUT2D eigenvalue weighted by Gasteiger charge is 2.43. The van der Waals surface area contributed by atoms with E-state index in [-0.39, 0.29) is 11.4 Å². The molecule has 2 atom stereocenters. The topological polar surface area (TPSA) is 32.3 Å². The third-order valence-electron chi connectivity index (χ3n) is 4.54. The third kappa shape index (κ3) is 5.17. The van der Waals surface area contributed by atoms with Crippen LogP contribution in [0.15, 0.2) is 60.7 Å². The fourth-order valence-corrected chi connectivity index (χ4v) is 3.39. The molecule has 0 heterocycles. The van der Waals surface area contributed by atoms with Gasteiger partial charge in [-0.2, -0.15) is 0 Å². The molecule has 0 saturated heterocycles. The minimum Gasteiger partial charge on any atom is -0.350 e. The predicted octanol–water partition coefficient (Wildman–Crippen LogP) is 3.96. The van der Waals surface area contributed by atoms with Crippen molar-refractivity contribution >= 4 is 5.91 Å². The first-order chi connectivity index (χ1) is 11.9. The molecule has 0 aromatic heterocycles. The zero-order chi connectivity index (χ0) is 17.9. The van der Waals surface area contributed by atoms with Crippen LogP contribution in [0.25, 0.3) is 0 Å². The number of nitrogens with zero attached hydrogens (tertiary/aromatic N) is 1. The molecule has 0 aliphatic heterocycles. The van der Waals surface area contributed by atoms with E-state index in [0.29, 0.717) is 18.5 Å². The summed E-state index contributed by atoms with van der Waals surface area (Å²) in [6.45, 7) is 7.33. The number of hydrogen-bond donors (Lipinski definition) is 1. The second-order valence-electron chi connectivity index (χ2n) is 8.01. The molecule has 0 bridgehead atoms. The molecule has 1 saturated carbocycles. The summed E-state index contributed by atoms with van der Waals surface area (Å²) in [7, 11) is 0. The van der Waals surface area contributed by atoms with Crippen LogP contribution in [0.2, 0.25) is 0 Å². The van der Waals surface area contributed by atoms with Crippen molar-refractivity contribution in [2.45, 2.75) is 51.2 Å². The van der Waals surface area contributed by atoms with Gasteiger partial charge in [0, 0.05) is 24.0 Å². The van der Waals surface area contributed by atoms with Crippen LogP contribution in [-0.4, -0.2) is 28.9 Å². The van der Waals surface area contributed by atoms with Crippen molar-refractivity contribution in [2.75, 3.05) is 6.54 Å². The highest BCUT2D eigenvalue weighted by molar-refractivity contribution is 5.78. The number of benzene rings is 2. The van der Waals surface area contributed by atoms with Gasteiger partial charge < -0.3 is 5.32 Å². The molecule has 3 rings (SSSR count). The highest BCUT2D eigenvalue weighted by Crippen LogP contribution is 2.45. The van der Waals surface area contributed by atoms with Crippen LogP contribution in [0.4, 0.5) is 0 Å². The second-order valence-corrected chi connectivity index (χ2v) is 8.01. The van der Waals surface area contributed by atoms with Crippen molar-refractivity contribution in [2.24, 2.45) is 0 Å². The Bertz CT molecular complexity index is 691. The maximum Gasteiger partial charge on any atom is 0.234 e. The summed E-state index contributed by atoms with van der Waals surface area (Å²) in [4.78, 5) is 14.8. The summed E-state index contributed by atoms with van der Waals surface area (Å²) >= 11 is 0. The maximum absolute atomic E-state index is 12.5. The van der Waals surface area contributed by atoms with Gasteiger partial charge in [-0.3, -0.25) is 9.69 Å². The Morgan fingerprint density at radius 2 is 1.64 bits per heavy atom. The second kappa shape index (κ2) is 7.40. The minimum atomic E-state index is -0.197. The Labute approximate surface area is 151 Å². The lowest BCUT2D eigenvalue weighted by atomic mass is 10.1. The van der Waals surface area contributed by atoms with Gasteiger partial charge >= 0.3 is 0 Å². The highest BCUT2D eigenvalue weighted by atomic mass is 16.2. The number of carbonyl (C=O) groups is 1. The van der Waals surface area contributed by atoms with Crippen LogP contribution >= 0.6 is 0 Å². The van der Waals surface area contributed by atoms with Gasteiger partial charge in [0.25, 0.3) is 0 Å². The Kier molecular flexibility index (Phi) is 5.24. The molecule has 0 unspecified atom stereocenters. The molecule has 1 aliphatic rings. The third-order valence-corrected chi connectivity index (χ3v) is 4.54. The van der Waals surface area contributed by atoms with Gasteiger partial charge in [-0.25, -0.2) is 0 Å². The van der Waals surface area contributed by atoms with Gasteiger partial charge in [0.15, 0.2) is 0 Å². The van der Waals surface area contributed by atoms with E-state index < -0.39 is 0 Å². The number of nitrogens with one attached hydrogen (secondary N) is 1. The van der Waals surface area contributed by atoms with Crippen LogP contribution in [0.1, 0.15) is 44.2 Å². The van der Waals surface area contributed by atoms with Crippen molar-refractivity contribution < 1.29 is 4.79 Å². The molecule has 1 N–H and O–H groups in total. The summed E-state index contributed by atoms with van der Waals surface area (Å²) in [5.41, 5.74) is 2.43. The van der Waals surface area contributed by atoms with E-state index in [1.165, 1.54) is 11.1 Å². The summed E-state index contributed by atoms with van der Waals surface area (Å²) < 4.78 is 0. The van der Waals surface area contributed by atoms with Gasteiger partial charge in [0.1, 0.15) is 0 Å². The largest absolute Gasteiger partial charge is 0.350 e. The molecule has 3 nitrogen and oxygen atoms in total. The van der Waals surface area contributed by atoms with Gasteiger partial charge in [0.2, 0.25) is 5.91 Å². The zero-order valence-corrected chi connectivity index (χ0v) is 15.4. The Morgan fingerprint density at radius 3 is 2.24 bits per heavy atom. The van der Waals surface area contributed by atoms with Crippen molar-refractivity contribution in [3.8, 4) is 0 Å². The van der Waals surface area contributed by atoms with Crippen molar-refractivity contribution in [1.29, 1.82) is 0 Å². The lowest BCUT2D eigenvalue weighted by Crippen LogP contribution is -2.46. The predicted molar refractivity (Wildman–Crippen MR) is 102 cm³/mol. The normalized spacial score (nSPS) is 19.7. The van der Waals surface area contributed by atoms with Crippen molar-refractivity contribution in [3.05, 3.63) is 71.8 Å². The lowest BCUT2D eigenvalue weighted by Gasteiger charge is -2.26. The van der Waals surface area contributed by atoms with Crippen LogP contribution in [-0.2, 0) is 11.3 Å². The van der Waals surface area contributed by atoms with Crippen molar-refractivity contribution in [3.63, 3.8) is 0 Å². The molecule has 0 radical (unpaired) electrons. The van der Waals surface area contributed by atoms with E-state index in [9.17, 15) is 4.79 Å². The molecule has 0 spiro atoms. The van der Waals surface area contributed by atoms with Crippen molar-refractivity contribution in [1.82, 2.24) is 10.2 Å². The van der Waals surface area contributed by atoms with Gasteiger partial charge in [-0.1, -0.05) is 60.7 Å². The molecular formula is C22H28N2O. The average Bonchev–Trinajstić information content (AvgIpc) is 3.35. The smallest absolute Gasteiger partial charge is 0.234 e. The Hall–Kier alpha value is -2.13. The number of hydrogen-bond acceptors (Lipinski definition) is 2. The van der Waals surface area contributed by atoms with E-state index in [4.69, 9.17) is 0 Å². The molecule has 2 aromatic rings. The summed E-state index contributed by atoms with van der Waals surface area (Å²) in [6, 6.07) is 21.5. The van der Waals surface area contributed by atoms with E-state index in [2.05, 4.69) is 64.8 Å². The van der Waals surface area contributed by atoms with Gasteiger partial charge in [-0.05, 0) is 38.3 Å². The first kappa shape index (κ1) is 17.7. The Balaban J connectivity index is 1.70. The maximum atomic E-state index is 12.5. The quantitative estimate of drug-likeness (QED) is 0.866. The summed E-state index contributed by atoms with van der Waals surface area (Å²) in [6.07, 6.45) is 1.12. The molecule has 3 heteroatoms. The van der Waals surface area contributed by atoms with Crippen LogP contribution in [0.3, 0.4) is 0 Å². The number of carbonyl (C=O) groups excluding carboxylic acids is 1. The first-order valence-electron chi connectivity index (χ1n) is 9.06. The molecule has 1 fully saturated rings. The van der Waals surface area contributed by atoms with E-state index in [1.54, 1.807) is 0 Å². The summed E-state index contributed by atoms with van der Waals surface area (Å²) in [5.74, 6) is 0.634. The fourth-order valence-electron chi connectivity index (χ4n) is 3.39. The molecule has 132 valence electrons. The van der Waals surface area contributed by atoms with E-state index in [0.717, 1.165) is 13.0 Å². The molecule has 2 aromatic carbocycles. The van der Waals surface area contributed by atoms with Gasteiger partial charge in [0.05, 0.1) is 6.54 Å². The average molecular weight is 336 g/mol. The van der Waals surface area contributed by atoms with Crippen LogP contribution < -0.4 is 5.32 Å².